The molecule has 0 aliphatic carbocycles. The second-order valence-electron chi connectivity index (χ2n) is 5.57. The molecule has 104 valence electrons. The first-order chi connectivity index (χ1) is 9.20. The van der Waals surface area contributed by atoms with Crippen molar-refractivity contribution in [1.82, 2.24) is 10.3 Å². The third-order valence-electron chi connectivity index (χ3n) is 4.20. The van der Waals surface area contributed by atoms with Crippen molar-refractivity contribution in [2.24, 2.45) is 5.41 Å². The molecule has 0 aromatic carbocycles. The summed E-state index contributed by atoms with van der Waals surface area (Å²) in [6, 6.07) is 4.08. The largest absolute Gasteiger partial charge is 0.316 e. The van der Waals surface area contributed by atoms with E-state index in [2.05, 4.69) is 30.2 Å². The Morgan fingerprint density at radius 1 is 1.42 bits per heavy atom. The van der Waals surface area contributed by atoms with Crippen LogP contribution in [0.15, 0.2) is 18.3 Å². The molecule has 1 saturated heterocycles. The van der Waals surface area contributed by atoms with Gasteiger partial charge in [0.05, 0.1) is 0 Å². The number of aromatic nitrogens is 1. The van der Waals surface area contributed by atoms with Gasteiger partial charge in [-0.3, -0.25) is 9.78 Å². The molecule has 1 fully saturated rings. The Balaban J connectivity index is 2.05. The van der Waals surface area contributed by atoms with Crippen LogP contribution in [0.1, 0.15) is 44.4 Å². The summed E-state index contributed by atoms with van der Waals surface area (Å²) < 4.78 is 0. The number of rotatable bonds is 6. The molecule has 0 spiro atoms. The molecule has 3 heteroatoms. The quantitative estimate of drug-likeness (QED) is 0.854. The summed E-state index contributed by atoms with van der Waals surface area (Å²) >= 11 is 0. The molecule has 0 saturated carbocycles. The summed E-state index contributed by atoms with van der Waals surface area (Å²) in [7, 11) is 0. The SMILES string of the molecule is CCCC1(C(=O)Cc2ccc(CC)cn2)CCNC1. The van der Waals surface area contributed by atoms with Crippen LogP contribution >= 0.6 is 0 Å². The summed E-state index contributed by atoms with van der Waals surface area (Å²) in [5.41, 5.74) is 1.99. The third kappa shape index (κ3) is 3.21. The maximum Gasteiger partial charge on any atom is 0.146 e. The number of nitrogens with zero attached hydrogens (tertiary/aromatic N) is 1. The lowest BCUT2D eigenvalue weighted by Gasteiger charge is -2.26. The van der Waals surface area contributed by atoms with E-state index in [0.717, 1.165) is 44.5 Å². The van der Waals surface area contributed by atoms with Gasteiger partial charge in [0.1, 0.15) is 5.78 Å². The monoisotopic (exact) mass is 260 g/mol. The summed E-state index contributed by atoms with van der Waals surface area (Å²) in [4.78, 5) is 17.0. The minimum absolute atomic E-state index is 0.139. The number of carbonyl (C=O) groups excluding carboxylic acids is 1. The second-order valence-corrected chi connectivity index (χ2v) is 5.57. The zero-order valence-electron chi connectivity index (χ0n) is 12.0. The van der Waals surface area contributed by atoms with Crippen LogP contribution in [0.3, 0.4) is 0 Å². The number of hydrogen-bond acceptors (Lipinski definition) is 3. The number of nitrogens with one attached hydrogen (secondary N) is 1. The first kappa shape index (κ1) is 14.2. The van der Waals surface area contributed by atoms with Gasteiger partial charge in [-0.1, -0.05) is 26.3 Å². The molecule has 2 heterocycles. The number of Topliss-reactive ketones (excluding diaryl/α,β-unsaturated/α-hetero) is 1. The van der Waals surface area contributed by atoms with Gasteiger partial charge in [0.25, 0.3) is 0 Å². The molecule has 3 nitrogen and oxygen atoms in total. The van der Waals surface area contributed by atoms with Crippen LogP contribution in [0.4, 0.5) is 0 Å². The number of aryl methyl sites for hydroxylation is 1. The van der Waals surface area contributed by atoms with E-state index < -0.39 is 0 Å². The Morgan fingerprint density at radius 3 is 2.79 bits per heavy atom. The summed E-state index contributed by atoms with van der Waals surface area (Å²) in [5, 5.41) is 3.34. The number of hydrogen-bond donors (Lipinski definition) is 1. The minimum atomic E-state index is -0.139. The molecule has 1 N–H and O–H groups in total. The number of carbonyl (C=O) groups is 1. The van der Waals surface area contributed by atoms with Crippen LogP contribution in [0.2, 0.25) is 0 Å². The van der Waals surface area contributed by atoms with Crippen molar-refractivity contribution in [2.75, 3.05) is 13.1 Å². The van der Waals surface area contributed by atoms with E-state index in [9.17, 15) is 4.79 Å². The first-order valence-corrected chi connectivity index (χ1v) is 7.38. The maximum atomic E-state index is 12.6. The highest BCUT2D eigenvalue weighted by Gasteiger charge is 2.39. The van der Waals surface area contributed by atoms with Gasteiger partial charge in [0.2, 0.25) is 0 Å². The molecule has 0 bridgehead atoms. The van der Waals surface area contributed by atoms with Gasteiger partial charge in [-0.15, -0.1) is 0 Å². The fourth-order valence-corrected chi connectivity index (χ4v) is 2.93. The van der Waals surface area contributed by atoms with E-state index in [1.807, 2.05) is 12.3 Å². The van der Waals surface area contributed by atoms with Crippen molar-refractivity contribution in [1.29, 1.82) is 0 Å². The Bertz CT molecular complexity index is 419. The van der Waals surface area contributed by atoms with E-state index in [0.29, 0.717) is 12.2 Å². The Kier molecular flexibility index (Phi) is 4.70. The van der Waals surface area contributed by atoms with Gasteiger partial charge < -0.3 is 5.32 Å². The summed E-state index contributed by atoms with van der Waals surface area (Å²) in [6.45, 7) is 6.07. The third-order valence-corrected chi connectivity index (χ3v) is 4.20. The Labute approximate surface area is 115 Å². The molecule has 1 atom stereocenters. The summed E-state index contributed by atoms with van der Waals surface area (Å²) in [5.74, 6) is 0.357. The average Bonchev–Trinajstić information content (AvgIpc) is 2.90. The average molecular weight is 260 g/mol. The lowest BCUT2D eigenvalue weighted by atomic mass is 9.77. The van der Waals surface area contributed by atoms with Crippen LogP contribution in [0.25, 0.3) is 0 Å². The van der Waals surface area contributed by atoms with E-state index in [1.165, 1.54) is 5.56 Å². The fourth-order valence-electron chi connectivity index (χ4n) is 2.93. The van der Waals surface area contributed by atoms with Crippen molar-refractivity contribution in [2.45, 2.75) is 46.0 Å². The van der Waals surface area contributed by atoms with Gasteiger partial charge >= 0.3 is 0 Å². The van der Waals surface area contributed by atoms with Crippen LogP contribution < -0.4 is 5.32 Å². The van der Waals surface area contributed by atoms with E-state index in [-0.39, 0.29) is 5.41 Å². The molecular weight excluding hydrogens is 236 g/mol. The maximum absolute atomic E-state index is 12.6. The molecule has 1 aliphatic rings. The molecule has 1 unspecified atom stereocenters. The normalized spacial score (nSPS) is 22.6. The molecule has 1 aromatic heterocycles. The van der Waals surface area contributed by atoms with Gasteiger partial charge in [-0.2, -0.15) is 0 Å². The Morgan fingerprint density at radius 2 is 2.26 bits per heavy atom. The number of ketones is 1. The van der Waals surface area contributed by atoms with Gasteiger partial charge in [-0.25, -0.2) is 0 Å². The predicted octanol–water partition coefficient (Wildman–Crippen LogP) is 2.54. The highest BCUT2D eigenvalue weighted by molar-refractivity contribution is 5.87. The molecule has 1 aliphatic heterocycles. The molecule has 0 radical (unpaired) electrons. The standard InChI is InChI=1S/C16H24N2O/c1-3-7-16(8-9-17-12-16)15(19)10-14-6-5-13(4-2)11-18-14/h5-6,11,17H,3-4,7-10,12H2,1-2H3. The highest BCUT2D eigenvalue weighted by atomic mass is 16.1. The first-order valence-electron chi connectivity index (χ1n) is 7.38. The molecule has 1 aromatic rings. The van der Waals surface area contributed by atoms with Crippen LogP contribution in [-0.4, -0.2) is 23.9 Å². The van der Waals surface area contributed by atoms with Crippen molar-refractivity contribution in [3.8, 4) is 0 Å². The van der Waals surface area contributed by atoms with Crippen molar-refractivity contribution < 1.29 is 4.79 Å². The predicted molar refractivity (Wildman–Crippen MR) is 77.2 cm³/mol. The van der Waals surface area contributed by atoms with Crippen LogP contribution in [-0.2, 0) is 17.6 Å². The molecular formula is C16H24N2O. The van der Waals surface area contributed by atoms with E-state index in [1.54, 1.807) is 0 Å². The van der Waals surface area contributed by atoms with E-state index in [4.69, 9.17) is 0 Å². The minimum Gasteiger partial charge on any atom is -0.316 e. The zero-order valence-corrected chi connectivity index (χ0v) is 12.0. The highest BCUT2D eigenvalue weighted by Crippen LogP contribution is 2.33. The number of pyridine rings is 1. The smallest absolute Gasteiger partial charge is 0.146 e. The van der Waals surface area contributed by atoms with Gasteiger partial charge in [-0.05, 0) is 37.4 Å². The van der Waals surface area contributed by atoms with Crippen molar-refractivity contribution in [3.05, 3.63) is 29.6 Å². The lowest BCUT2D eigenvalue weighted by molar-refractivity contribution is -0.127. The fraction of sp³-hybridized carbons (Fsp3) is 0.625. The van der Waals surface area contributed by atoms with Crippen molar-refractivity contribution in [3.63, 3.8) is 0 Å². The topological polar surface area (TPSA) is 42.0 Å². The zero-order chi connectivity index (χ0) is 13.7. The van der Waals surface area contributed by atoms with Crippen LogP contribution in [0, 0.1) is 5.41 Å². The van der Waals surface area contributed by atoms with E-state index >= 15 is 0 Å². The van der Waals surface area contributed by atoms with Gasteiger partial charge in [0, 0.05) is 30.3 Å². The van der Waals surface area contributed by atoms with Crippen molar-refractivity contribution >= 4 is 5.78 Å². The van der Waals surface area contributed by atoms with Gasteiger partial charge in [0.15, 0.2) is 0 Å². The molecule has 0 amide bonds. The lowest BCUT2D eigenvalue weighted by Crippen LogP contribution is -2.34. The second kappa shape index (κ2) is 6.29. The summed E-state index contributed by atoms with van der Waals surface area (Å²) in [6.07, 6.45) is 6.40. The Hall–Kier alpha value is -1.22. The van der Waals surface area contributed by atoms with Crippen LogP contribution in [0.5, 0.6) is 0 Å². The molecule has 2 rings (SSSR count). The molecule has 19 heavy (non-hydrogen) atoms.